The summed E-state index contributed by atoms with van der Waals surface area (Å²) in [5.41, 5.74) is 0.151. The quantitative estimate of drug-likeness (QED) is 0.640. The van der Waals surface area contributed by atoms with Gasteiger partial charge >= 0.3 is 5.97 Å². The van der Waals surface area contributed by atoms with Gasteiger partial charge in [0.15, 0.2) is 0 Å². The van der Waals surface area contributed by atoms with Gasteiger partial charge in [-0.1, -0.05) is 0 Å². The lowest BCUT2D eigenvalue weighted by molar-refractivity contribution is -0.384. The molecule has 7 heteroatoms. The molecule has 0 saturated heterocycles. The molecule has 1 saturated carbocycles. The topological polar surface area (TPSA) is 92.5 Å². The number of carboxylic acid groups (broad SMARTS) is 1. The Hall–Kier alpha value is -1.76. The molecule has 1 aliphatic carbocycles. The number of carboxylic acids is 1. The van der Waals surface area contributed by atoms with E-state index in [0.717, 1.165) is 31.7 Å². The number of nitrogens with zero attached hydrogens (tertiary/aromatic N) is 1. The summed E-state index contributed by atoms with van der Waals surface area (Å²) >= 11 is 1.87. The van der Waals surface area contributed by atoms with Crippen molar-refractivity contribution in [3.05, 3.63) is 33.9 Å². The largest absolute Gasteiger partial charge is 0.478 e. The first-order valence-corrected chi connectivity index (χ1v) is 8.11. The summed E-state index contributed by atoms with van der Waals surface area (Å²) in [6.45, 7) is 0. The van der Waals surface area contributed by atoms with E-state index < -0.39 is 10.9 Å². The predicted molar refractivity (Wildman–Crippen MR) is 83.2 cm³/mol. The highest BCUT2D eigenvalue weighted by molar-refractivity contribution is 7.99. The molecule has 114 valence electrons. The van der Waals surface area contributed by atoms with Gasteiger partial charge in [-0.05, 0) is 44.1 Å². The molecule has 2 N–H and O–H groups in total. The average molecular weight is 310 g/mol. The molecule has 1 aromatic rings. The molecule has 0 aromatic heterocycles. The number of carbonyl (C=O) groups is 1. The zero-order valence-electron chi connectivity index (χ0n) is 11.7. The van der Waals surface area contributed by atoms with Crippen molar-refractivity contribution in [2.24, 2.45) is 0 Å². The van der Waals surface area contributed by atoms with Crippen LogP contribution < -0.4 is 5.32 Å². The Labute approximate surface area is 127 Å². The van der Waals surface area contributed by atoms with E-state index in [1.165, 1.54) is 12.1 Å². The SMILES string of the molecule is CSC1CCC(Nc2ccc(C(=O)O)cc2[N+](=O)[O-])CC1. The first-order valence-electron chi connectivity index (χ1n) is 6.82. The molecular formula is C14H18N2O4S. The zero-order chi connectivity index (χ0) is 15.4. The fourth-order valence-corrected chi connectivity index (χ4v) is 3.34. The Morgan fingerprint density at radius 1 is 1.38 bits per heavy atom. The van der Waals surface area contributed by atoms with Gasteiger partial charge in [-0.2, -0.15) is 11.8 Å². The fraction of sp³-hybridized carbons (Fsp3) is 0.500. The van der Waals surface area contributed by atoms with Gasteiger partial charge < -0.3 is 10.4 Å². The minimum absolute atomic E-state index is 0.0710. The molecule has 0 unspecified atom stereocenters. The van der Waals surface area contributed by atoms with Gasteiger partial charge in [0.1, 0.15) is 5.69 Å². The standard InChI is InChI=1S/C14H18N2O4S/c1-21-11-5-3-10(4-6-11)15-12-7-2-9(14(17)18)8-13(12)16(19)20/h2,7-8,10-11,15H,3-6H2,1H3,(H,17,18). The Morgan fingerprint density at radius 3 is 2.57 bits per heavy atom. The number of benzene rings is 1. The molecular weight excluding hydrogens is 292 g/mol. The van der Waals surface area contributed by atoms with E-state index >= 15 is 0 Å². The molecule has 0 spiro atoms. The zero-order valence-corrected chi connectivity index (χ0v) is 12.6. The van der Waals surface area contributed by atoms with Crippen LogP contribution in [0.5, 0.6) is 0 Å². The van der Waals surface area contributed by atoms with Crippen molar-refractivity contribution in [2.75, 3.05) is 11.6 Å². The lowest BCUT2D eigenvalue weighted by Crippen LogP contribution is -2.27. The highest BCUT2D eigenvalue weighted by Crippen LogP contribution is 2.32. The second kappa shape index (κ2) is 6.80. The summed E-state index contributed by atoms with van der Waals surface area (Å²) < 4.78 is 0. The number of nitro benzene ring substituents is 1. The first-order chi connectivity index (χ1) is 10.0. The molecule has 6 nitrogen and oxygen atoms in total. The summed E-state index contributed by atoms with van der Waals surface area (Å²) in [5, 5.41) is 23.9. The third-order valence-electron chi connectivity index (χ3n) is 3.81. The summed E-state index contributed by atoms with van der Waals surface area (Å²) in [5.74, 6) is -1.16. The van der Waals surface area contributed by atoms with Crippen LogP contribution in [0.1, 0.15) is 36.0 Å². The van der Waals surface area contributed by atoms with Gasteiger partial charge in [0.05, 0.1) is 10.5 Å². The normalized spacial score (nSPS) is 21.8. The Kier molecular flexibility index (Phi) is 5.06. The van der Waals surface area contributed by atoms with E-state index in [9.17, 15) is 14.9 Å². The van der Waals surface area contributed by atoms with Gasteiger partial charge in [-0.25, -0.2) is 4.79 Å². The van der Waals surface area contributed by atoms with E-state index in [4.69, 9.17) is 5.11 Å². The van der Waals surface area contributed by atoms with Gasteiger partial charge in [-0.3, -0.25) is 10.1 Å². The van der Waals surface area contributed by atoms with Crippen LogP contribution >= 0.6 is 11.8 Å². The third-order valence-corrected chi connectivity index (χ3v) is 4.95. The molecule has 0 aliphatic heterocycles. The van der Waals surface area contributed by atoms with E-state index in [1.807, 2.05) is 11.8 Å². The highest BCUT2D eigenvalue weighted by atomic mass is 32.2. The van der Waals surface area contributed by atoms with Gasteiger partial charge in [0.2, 0.25) is 0 Å². The summed E-state index contributed by atoms with van der Waals surface area (Å²) in [4.78, 5) is 21.5. The maximum Gasteiger partial charge on any atom is 0.335 e. The lowest BCUT2D eigenvalue weighted by Gasteiger charge is -2.28. The van der Waals surface area contributed by atoms with E-state index in [1.54, 1.807) is 0 Å². The van der Waals surface area contributed by atoms with Crippen LogP contribution in [-0.4, -0.2) is 33.5 Å². The Bertz CT molecular complexity index is 542. The van der Waals surface area contributed by atoms with E-state index in [-0.39, 0.29) is 17.3 Å². The minimum Gasteiger partial charge on any atom is -0.478 e. The summed E-state index contributed by atoms with van der Waals surface area (Å²) in [6, 6.07) is 4.20. The fourth-order valence-electron chi connectivity index (χ4n) is 2.60. The van der Waals surface area contributed by atoms with Crippen LogP contribution in [0.4, 0.5) is 11.4 Å². The molecule has 0 bridgehead atoms. The van der Waals surface area contributed by atoms with E-state index in [0.29, 0.717) is 10.9 Å². The summed E-state index contributed by atoms with van der Waals surface area (Å²) in [7, 11) is 0. The van der Waals surface area contributed by atoms with Crippen LogP contribution in [0.3, 0.4) is 0 Å². The Morgan fingerprint density at radius 2 is 2.05 bits per heavy atom. The van der Waals surface area contributed by atoms with Crippen molar-refractivity contribution in [1.29, 1.82) is 0 Å². The maximum absolute atomic E-state index is 11.1. The van der Waals surface area contributed by atoms with Gasteiger partial charge in [0.25, 0.3) is 5.69 Å². The molecule has 1 aliphatic rings. The first kappa shape index (κ1) is 15.6. The van der Waals surface area contributed by atoms with Crippen LogP contribution in [-0.2, 0) is 0 Å². The number of hydrogen-bond donors (Lipinski definition) is 2. The molecule has 1 fully saturated rings. The number of rotatable bonds is 5. The van der Waals surface area contributed by atoms with Crippen LogP contribution in [0.25, 0.3) is 0 Å². The number of aromatic carboxylic acids is 1. The number of anilines is 1. The van der Waals surface area contributed by atoms with E-state index in [2.05, 4.69) is 11.6 Å². The number of nitrogens with one attached hydrogen (secondary N) is 1. The van der Waals surface area contributed by atoms with Crippen LogP contribution in [0, 0.1) is 10.1 Å². The van der Waals surface area contributed by atoms with Crippen molar-refractivity contribution >= 4 is 29.1 Å². The number of nitro groups is 1. The molecule has 0 radical (unpaired) electrons. The van der Waals surface area contributed by atoms with Crippen molar-refractivity contribution in [3.63, 3.8) is 0 Å². The van der Waals surface area contributed by atoms with Crippen molar-refractivity contribution in [1.82, 2.24) is 0 Å². The number of thioether (sulfide) groups is 1. The van der Waals surface area contributed by atoms with Crippen molar-refractivity contribution in [3.8, 4) is 0 Å². The van der Waals surface area contributed by atoms with Gasteiger partial charge in [0, 0.05) is 17.4 Å². The average Bonchev–Trinajstić information content (AvgIpc) is 2.48. The molecule has 0 atom stereocenters. The molecule has 2 rings (SSSR count). The monoisotopic (exact) mass is 310 g/mol. The molecule has 21 heavy (non-hydrogen) atoms. The summed E-state index contributed by atoms with van der Waals surface area (Å²) in [6.07, 6.45) is 6.25. The third kappa shape index (κ3) is 3.87. The molecule has 1 aromatic carbocycles. The van der Waals surface area contributed by atoms with Crippen LogP contribution in [0.2, 0.25) is 0 Å². The maximum atomic E-state index is 11.1. The molecule has 0 heterocycles. The minimum atomic E-state index is -1.16. The second-order valence-corrected chi connectivity index (χ2v) is 6.29. The molecule has 0 amide bonds. The lowest BCUT2D eigenvalue weighted by atomic mass is 9.94. The van der Waals surface area contributed by atoms with Crippen molar-refractivity contribution < 1.29 is 14.8 Å². The van der Waals surface area contributed by atoms with Crippen molar-refractivity contribution in [2.45, 2.75) is 37.0 Å². The van der Waals surface area contributed by atoms with Crippen LogP contribution in [0.15, 0.2) is 18.2 Å². The van der Waals surface area contributed by atoms with Gasteiger partial charge in [-0.15, -0.1) is 0 Å². The predicted octanol–water partition coefficient (Wildman–Crippen LogP) is 3.38. The number of hydrogen-bond acceptors (Lipinski definition) is 5. The Balaban J connectivity index is 2.13. The highest BCUT2D eigenvalue weighted by Gasteiger charge is 2.23. The second-order valence-electron chi connectivity index (χ2n) is 5.15. The smallest absolute Gasteiger partial charge is 0.335 e.